The zero-order chi connectivity index (χ0) is 14.7. The number of rotatable bonds is 4. The number of halogens is 1. The third-order valence-electron chi connectivity index (χ3n) is 4.34. The molecule has 0 aliphatic carbocycles. The molecule has 4 heteroatoms. The van der Waals surface area contributed by atoms with Gasteiger partial charge in [-0.1, -0.05) is 34.1 Å². The van der Waals surface area contributed by atoms with Crippen LogP contribution in [0.5, 0.6) is 0 Å². The minimum Gasteiger partial charge on any atom is -0.326 e. The molecule has 2 rings (SSSR count). The number of likely N-dealkylation sites (N-methyl/N-ethyl adjacent to an activating group) is 2. The number of nitrogens with two attached hydrogens (primary N) is 1. The highest BCUT2D eigenvalue weighted by Crippen LogP contribution is 2.31. The normalized spacial score (nSPS) is 23.8. The quantitative estimate of drug-likeness (QED) is 0.915. The van der Waals surface area contributed by atoms with Crippen molar-refractivity contribution in [1.82, 2.24) is 9.80 Å². The summed E-state index contributed by atoms with van der Waals surface area (Å²) in [5.74, 6) is 0. The fourth-order valence-corrected chi connectivity index (χ4v) is 3.81. The SMILES string of the molecule is CC(N)C(c1ccccc1Br)N(C)C1CCCN(C)C1. The van der Waals surface area contributed by atoms with E-state index in [0.29, 0.717) is 6.04 Å². The van der Waals surface area contributed by atoms with Crippen molar-refractivity contribution in [1.29, 1.82) is 0 Å². The Morgan fingerprint density at radius 2 is 2.10 bits per heavy atom. The van der Waals surface area contributed by atoms with Crippen LogP contribution in [0.2, 0.25) is 0 Å². The molecule has 1 fully saturated rings. The highest BCUT2D eigenvalue weighted by Gasteiger charge is 2.30. The Morgan fingerprint density at radius 3 is 2.70 bits per heavy atom. The zero-order valence-corrected chi connectivity index (χ0v) is 14.3. The molecule has 0 amide bonds. The lowest BCUT2D eigenvalue weighted by molar-refractivity contribution is 0.0890. The Morgan fingerprint density at radius 1 is 1.40 bits per heavy atom. The lowest BCUT2D eigenvalue weighted by Crippen LogP contribution is -2.49. The number of nitrogens with zero attached hydrogens (tertiary/aromatic N) is 2. The molecule has 0 aromatic heterocycles. The number of hydrogen-bond acceptors (Lipinski definition) is 3. The Kier molecular flexibility index (Phi) is 5.61. The summed E-state index contributed by atoms with van der Waals surface area (Å²) in [5.41, 5.74) is 7.59. The van der Waals surface area contributed by atoms with Crippen LogP contribution in [0.3, 0.4) is 0 Å². The van der Waals surface area contributed by atoms with Crippen molar-refractivity contribution < 1.29 is 0 Å². The lowest BCUT2D eigenvalue weighted by Gasteiger charge is -2.42. The first-order valence-corrected chi connectivity index (χ1v) is 8.20. The van der Waals surface area contributed by atoms with Gasteiger partial charge in [-0.25, -0.2) is 0 Å². The van der Waals surface area contributed by atoms with Crippen LogP contribution in [0.25, 0.3) is 0 Å². The molecule has 0 spiro atoms. The number of piperidine rings is 1. The van der Waals surface area contributed by atoms with Gasteiger partial charge in [0, 0.05) is 23.1 Å². The summed E-state index contributed by atoms with van der Waals surface area (Å²) < 4.78 is 1.15. The second kappa shape index (κ2) is 7.03. The summed E-state index contributed by atoms with van der Waals surface area (Å²) in [5, 5.41) is 0. The molecule has 0 bridgehead atoms. The second-order valence-corrected chi connectivity index (χ2v) is 6.90. The molecular weight excluding hydrogens is 314 g/mol. The molecule has 0 radical (unpaired) electrons. The summed E-state index contributed by atoms with van der Waals surface area (Å²) in [6.07, 6.45) is 2.53. The minimum absolute atomic E-state index is 0.103. The summed E-state index contributed by atoms with van der Waals surface area (Å²) in [4.78, 5) is 4.89. The van der Waals surface area contributed by atoms with Gasteiger partial charge in [-0.2, -0.15) is 0 Å². The summed E-state index contributed by atoms with van der Waals surface area (Å²) in [7, 11) is 4.43. The number of hydrogen-bond donors (Lipinski definition) is 1. The third-order valence-corrected chi connectivity index (χ3v) is 5.06. The minimum atomic E-state index is 0.103. The first-order valence-electron chi connectivity index (χ1n) is 7.41. The van der Waals surface area contributed by atoms with E-state index in [9.17, 15) is 0 Å². The average molecular weight is 340 g/mol. The van der Waals surface area contributed by atoms with Gasteiger partial charge in [-0.3, -0.25) is 4.90 Å². The molecule has 1 heterocycles. The molecule has 1 aromatic rings. The fraction of sp³-hybridized carbons (Fsp3) is 0.625. The molecule has 3 atom stereocenters. The Labute approximate surface area is 131 Å². The van der Waals surface area contributed by atoms with Gasteiger partial charge in [0.2, 0.25) is 0 Å². The molecule has 1 aromatic carbocycles. The van der Waals surface area contributed by atoms with Crippen molar-refractivity contribution in [3.63, 3.8) is 0 Å². The summed E-state index contributed by atoms with van der Waals surface area (Å²) in [6.45, 7) is 4.44. The maximum absolute atomic E-state index is 6.30. The smallest absolute Gasteiger partial charge is 0.0508 e. The van der Waals surface area contributed by atoms with Crippen molar-refractivity contribution in [2.24, 2.45) is 5.73 Å². The average Bonchev–Trinajstić information content (AvgIpc) is 2.40. The molecule has 2 N–H and O–H groups in total. The monoisotopic (exact) mass is 339 g/mol. The molecular formula is C16H26BrN3. The summed E-state index contributed by atoms with van der Waals surface area (Å²) in [6, 6.07) is 9.37. The number of benzene rings is 1. The molecule has 112 valence electrons. The van der Waals surface area contributed by atoms with E-state index in [0.717, 1.165) is 11.0 Å². The topological polar surface area (TPSA) is 32.5 Å². The van der Waals surface area contributed by atoms with Crippen LogP contribution in [-0.4, -0.2) is 49.1 Å². The van der Waals surface area contributed by atoms with Crippen LogP contribution >= 0.6 is 15.9 Å². The van der Waals surface area contributed by atoms with Gasteiger partial charge in [0.15, 0.2) is 0 Å². The first-order chi connectivity index (χ1) is 9.50. The predicted octanol–water partition coefficient (Wildman–Crippen LogP) is 2.86. The first kappa shape index (κ1) is 16.0. The third kappa shape index (κ3) is 3.61. The standard InChI is InChI=1S/C16H26BrN3/c1-12(18)16(14-8-4-5-9-15(14)17)20(3)13-7-6-10-19(2)11-13/h4-5,8-9,12-13,16H,6-7,10-11,18H2,1-3H3. The maximum Gasteiger partial charge on any atom is 0.0508 e. The van der Waals surface area contributed by atoms with Crippen molar-refractivity contribution in [3.05, 3.63) is 34.3 Å². The van der Waals surface area contributed by atoms with E-state index in [2.05, 4.69) is 71.0 Å². The van der Waals surface area contributed by atoms with Crippen LogP contribution < -0.4 is 5.73 Å². The van der Waals surface area contributed by atoms with Gasteiger partial charge in [0.1, 0.15) is 0 Å². The van der Waals surface area contributed by atoms with Crippen molar-refractivity contribution in [2.45, 2.75) is 37.9 Å². The Bertz CT molecular complexity index is 435. The van der Waals surface area contributed by atoms with Gasteiger partial charge >= 0.3 is 0 Å². The molecule has 0 saturated carbocycles. The lowest BCUT2D eigenvalue weighted by atomic mass is 9.95. The van der Waals surface area contributed by atoms with Gasteiger partial charge in [-0.05, 0) is 52.0 Å². The van der Waals surface area contributed by atoms with Crippen LogP contribution in [0.4, 0.5) is 0 Å². The van der Waals surface area contributed by atoms with E-state index >= 15 is 0 Å². The molecule has 1 aliphatic rings. The predicted molar refractivity (Wildman–Crippen MR) is 88.8 cm³/mol. The Balaban J connectivity index is 2.22. The second-order valence-electron chi connectivity index (χ2n) is 6.05. The molecule has 3 nitrogen and oxygen atoms in total. The zero-order valence-electron chi connectivity index (χ0n) is 12.7. The van der Waals surface area contributed by atoms with E-state index in [1.807, 2.05) is 0 Å². The van der Waals surface area contributed by atoms with Crippen LogP contribution in [0.1, 0.15) is 31.4 Å². The largest absolute Gasteiger partial charge is 0.326 e. The van der Waals surface area contributed by atoms with E-state index in [4.69, 9.17) is 5.73 Å². The van der Waals surface area contributed by atoms with Gasteiger partial charge < -0.3 is 10.6 Å². The van der Waals surface area contributed by atoms with Crippen molar-refractivity contribution in [3.8, 4) is 0 Å². The highest BCUT2D eigenvalue weighted by atomic mass is 79.9. The maximum atomic E-state index is 6.30. The number of likely N-dealkylation sites (tertiary alicyclic amines) is 1. The van der Waals surface area contributed by atoms with Crippen molar-refractivity contribution in [2.75, 3.05) is 27.2 Å². The van der Waals surface area contributed by atoms with Crippen LogP contribution in [0, 0.1) is 0 Å². The molecule has 3 unspecified atom stereocenters. The van der Waals surface area contributed by atoms with Crippen LogP contribution in [0.15, 0.2) is 28.7 Å². The Hall–Kier alpha value is -0.420. The van der Waals surface area contributed by atoms with E-state index in [1.165, 1.54) is 24.9 Å². The molecule has 1 saturated heterocycles. The molecule has 1 aliphatic heterocycles. The summed E-state index contributed by atoms with van der Waals surface area (Å²) >= 11 is 3.68. The van der Waals surface area contributed by atoms with Gasteiger partial charge in [-0.15, -0.1) is 0 Å². The van der Waals surface area contributed by atoms with E-state index in [1.54, 1.807) is 0 Å². The highest BCUT2D eigenvalue weighted by molar-refractivity contribution is 9.10. The molecule has 20 heavy (non-hydrogen) atoms. The van der Waals surface area contributed by atoms with Gasteiger partial charge in [0.05, 0.1) is 6.04 Å². The van der Waals surface area contributed by atoms with Crippen LogP contribution in [-0.2, 0) is 0 Å². The van der Waals surface area contributed by atoms with E-state index in [-0.39, 0.29) is 12.1 Å². The fourth-order valence-electron chi connectivity index (χ4n) is 3.29. The van der Waals surface area contributed by atoms with E-state index < -0.39 is 0 Å². The van der Waals surface area contributed by atoms with Gasteiger partial charge in [0.25, 0.3) is 0 Å². The van der Waals surface area contributed by atoms with Crippen molar-refractivity contribution >= 4 is 15.9 Å².